The van der Waals surface area contributed by atoms with Crippen molar-refractivity contribution in [2.45, 2.75) is 76.6 Å². The molecule has 0 saturated heterocycles. The molecule has 1 aliphatic carbocycles. The van der Waals surface area contributed by atoms with Gasteiger partial charge in [-0.25, -0.2) is 4.39 Å². The standard InChI is InChI=1S/C25H28F6O2/c1-2-3-17-4-8-19(9-5-17)20-10-6-18(7-11-20)16-32-24(27,28)23(26)21-12-14-22(15-13-21)33-25(29,30)31/h6-7,10-15,17,19,23H,2-5,8-9,16H2,1H3. The van der Waals surface area contributed by atoms with E-state index in [-0.39, 0.29) is 0 Å². The van der Waals surface area contributed by atoms with Crippen molar-refractivity contribution >= 4 is 0 Å². The third kappa shape index (κ3) is 7.39. The molecular weight excluding hydrogens is 446 g/mol. The molecule has 33 heavy (non-hydrogen) atoms. The Labute approximate surface area is 189 Å². The molecule has 2 aromatic rings. The van der Waals surface area contributed by atoms with Gasteiger partial charge in [0, 0.05) is 0 Å². The summed E-state index contributed by atoms with van der Waals surface area (Å²) in [6.07, 6.45) is -4.80. The highest BCUT2D eigenvalue weighted by atomic mass is 19.4. The first kappa shape index (κ1) is 25.4. The van der Waals surface area contributed by atoms with E-state index in [1.807, 2.05) is 12.1 Å². The predicted molar refractivity (Wildman–Crippen MR) is 113 cm³/mol. The van der Waals surface area contributed by atoms with Crippen LogP contribution in [0, 0.1) is 5.92 Å². The number of hydrogen-bond acceptors (Lipinski definition) is 2. The Bertz CT molecular complexity index is 856. The Morgan fingerprint density at radius 1 is 0.879 bits per heavy atom. The fraction of sp³-hybridized carbons (Fsp3) is 0.520. The third-order valence-corrected chi connectivity index (χ3v) is 6.13. The average molecular weight is 474 g/mol. The van der Waals surface area contributed by atoms with Gasteiger partial charge in [0.2, 0.25) is 6.17 Å². The van der Waals surface area contributed by atoms with Crippen LogP contribution in [0.5, 0.6) is 5.75 Å². The molecule has 1 saturated carbocycles. The summed E-state index contributed by atoms with van der Waals surface area (Å²) in [6.45, 7) is 1.71. The highest BCUT2D eigenvalue weighted by molar-refractivity contribution is 5.29. The number of alkyl halides is 6. The van der Waals surface area contributed by atoms with E-state index in [0.29, 0.717) is 11.5 Å². The minimum atomic E-state index is -4.92. The van der Waals surface area contributed by atoms with Crippen LogP contribution in [0.25, 0.3) is 0 Å². The maximum atomic E-state index is 14.3. The molecule has 182 valence electrons. The molecule has 0 aromatic heterocycles. The first-order valence-corrected chi connectivity index (χ1v) is 11.2. The van der Waals surface area contributed by atoms with Crippen molar-refractivity contribution in [2.75, 3.05) is 0 Å². The number of ether oxygens (including phenoxy) is 2. The van der Waals surface area contributed by atoms with Gasteiger partial charge in [-0.05, 0) is 66.3 Å². The molecular formula is C25H28F6O2. The van der Waals surface area contributed by atoms with E-state index in [1.165, 1.54) is 31.2 Å². The Morgan fingerprint density at radius 3 is 2.03 bits per heavy atom. The second-order valence-electron chi connectivity index (χ2n) is 8.58. The molecule has 2 nitrogen and oxygen atoms in total. The van der Waals surface area contributed by atoms with Crippen LogP contribution in [0.1, 0.15) is 74.2 Å². The summed E-state index contributed by atoms with van der Waals surface area (Å²) in [4.78, 5) is 0. The lowest BCUT2D eigenvalue weighted by Crippen LogP contribution is -2.27. The van der Waals surface area contributed by atoms with E-state index < -0.39 is 36.6 Å². The molecule has 0 amide bonds. The SMILES string of the molecule is CCCC1CCC(c2ccc(COC(F)(F)C(F)c3ccc(OC(F)(F)F)cc3)cc2)CC1. The first-order valence-electron chi connectivity index (χ1n) is 11.2. The molecule has 8 heteroatoms. The summed E-state index contributed by atoms with van der Waals surface area (Å²) < 4.78 is 87.6. The molecule has 0 N–H and O–H groups in total. The molecule has 0 heterocycles. The van der Waals surface area contributed by atoms with Crippen molar-refractivity contribution in [1.29, 1.82) is 0 Å². The van der Waals surface area contributed by atoms with Crippen molar-refractivity contribution in [2.24, 2.45) is 5.92 Å². The molecule has 0 spiro atoms. The van der Waals surface area contributed by atoms with E-state index in [1.54, 1.807) is 12.1 Å². The van der Waals surface area contributed by atoms with E-state index in [4.69, 9.17) is 0 Å². The molecule has 3 rings (SSSR count). The summed E-state index contributed by atoms with van der Waals surface area (Å²) in [5.74, 6) is 0.638. The highest BCUT2D eigenvalue weighted by Crippen LogP contribution is 2.39. The summed E-state index contributed by atoms with van der Waals surface area (Å²) >= 11 is 0. The van der Waals surface area contributed by atoms with Crippen molar-refractivity contribution in [1.82, 2.24) is 0 Å². The van der Waals surface area contributed by atoms with Gasteiger partial charge in [0.05, 0.1) is 6.61 Å². The summed E-state index contributed by atoms with van der Waals surface area (Å²) in [7, 11) is 0. The fourth-order valence-corrected chi connectivity index (χ4v) is 4.36. The maximum absolute atomic E-state index is 14.3. The van der Waals surface area contributed by atoms with Crippen LogP contribution in [0.2, 0.25) is 0 Å². The summed E-state index contributed by atoms with van der Waals surface area (Å²) in [5.41, 5.74) is 1.15. The van der Waals surface area contributed by atoms with E-state index in [9.17, 15) is 26.3 Å². The van der Waals surface area contributed by atoms with Crippen LogP contribution in [0.4, 0.5) is 26.3 Å². The van der Waals surface area contributed by atoms with Gasteiger partial charge in [-0.15, -0.1) is 13.2 Å². The van der Waals surface area contributed by atoms with Gasteiger partial charge in [0.15, 0.2) is 0 Å². The Kier molecular flexibility index (Phi) is 8.32. The van der Waals surface area contributed by atoms with Crippen LogP contribution in [0.3, 0.4) is 0 Å². The van der Waals surface area contributed by atoms with Crippen molar-refractivity contribution in [3.05, 3.63) is 65.2 Å². The normalized spacial score (nSPS) is 20.5. The maximum Gasteiger partial charge on any atom is 0.573 e. The largest absolute Gasteiger partial charge is 0.573 e. The number of hydrogen-bond donors (Lipinski definition) is 0. The molecule has 1 aliphatic rings. The predicted octanol–water partition coefficient (Wildman–Crippen LogP) is 8.48. The number of halogens is 6. The summed E-state index contributed by atoms with van der Waals surface area (Å²) in [5, 5.41) is 0. The summed E-state index contributed by atoms with van der Waals surface area (Å²) in [6, 6.07) is 10.4. The van der Waals surface area contributed by atoms with Crippen LogP contribution in [0.15, 0.2) is 48.5 Å². The monoisotopic (exact) mass is 474 g/mol. The van der Waals surface area contributed by atoms with E-state index in [2.05, 4.69) is 16.4 Å². The second kappa shape index (κ2) is 10.8. The van der Waals surface area contributed by atoms with E-state index in [0.717, 1.165) is 43.0 Å². The van der Waals surface area contributed by atoms with Gasteiger partial charge in [-0.1, -0.05) is 56.2 Å². The van der Waals surface area contributed by atoms with Gasteiger partial charge < -0.3 is 9.47 Å². The zero-order valence-electron chi connectivity index (χ0n) is 18.4. The zero-order valence-corrected chi connectivity index (χ0v) is 18.4. The lowest BCUT2D eigenvalue weighted by Gasteiger charge is -2.28. The first-order chi connectivity index (χ1) is 15.6. The Morgan fingerprint density at radius 2 is 1.48 bits per heavy atom. The lowest BCUT2D eigenvalue weighted by molar-refractivity contribution is -0.282. The van der Waals surface area contributed by atoms with Gasteiger partial charge in [0.1, 0.15) is 5.75 Å². The van der Waals surface area contributed by atoms with Gasteiger partial charge in [0.25, 0.3) is 0 Å². The zero-order chi connectivity index (χ0) is 24.1. The minimum Gasteiger partial charge on any atom is -0.406 e. The van der Waals surface area contributed by atoms with Crippen molar-refractivity contribution in [3.8, 4) is 5.75 Å². The Balaban J connectivity index is 1.53. The molecule has 1 fully saturated rings. The highest BCUT2D eigenvalue weighted by Gasteiger charge is 2.43. The van der Waals surface area contributed by atoms with Gasteiger partial charge in [-0.3, -0.25) is 0 Å². The molecule has 0 bridgehead atoms. The molecule has 1 unspecified atom stereocenters. The molecule has 1 atom stereocenters. The Hall–Kier alpha value is -2.22. The smallest absolute Gasteiger partial charge is 0.406 e. The van der Waals surface area contributed by atoms with Crippen LogP contribution in [-0.2, 0) is 11.3 Å². The van der Waals surface area contributed by atoms with Crippen LogP contribution < -0.4 is 4.74 Å². The quantitative estimate of drug-likeness (QED) is 0.339. The van der Waals surface area contributed by atoms with Gasteiger partial charge in [-0.2, -0.15) is 8.78 Å². The van der Waals surface area contributed by atoms with E-state index >= 15 is 0 Å². The lowest BCUT2D eigenvalue weighted by atomic mass is 9.77. The third-order valence-electron chi connectivity index (χ3n) is 6.13. The molecule has 0 aliphatic heterocycles. The second-order valence-corrected chi connectivity index (χ2v) is 8.58. The average Bonchev–Trinajstić information content (AvgIpc) is 2.78. The molecule has 2 aromatic carbocycles. The van der Waals surface area contributed by atoms with Crippen LogP contribution >= 0.6 is 0 Å². The molecule has 0 radical (unpaired) electrons. The number of benzene rings is 2. The van der Waals surface area contributed by atoms with Crippen LogP contribution in [-0.4, -0.2) is 12.5 Å². The van der Waals surface area contributed by atoms with Gasteiger partial charge >= 0.3 is 12.5 Å². The topological polar surface area (TPSA) is 18.5 Å². The number of rotatable bonds is 9. The van der Waals surface area contributed by atoms with Crippen molar-refractivity contribution in [3.63, 3.8) is 0 Å². The van der Waals surface area contributed by atoms with Crippen molar-refractivity contribution < 1.29 is 35.8 Å². The minimum absolute atomic E-state index is 0.467. The fourth-order valence-electron chi connectivity index (χ4n) is 4.36.